The Bertz CT molecular complexity index is 1010. The Morgan fingerprint density at radius 1 is 1.00 bits per heavy atom. The normalized spacial score (nSPS) is 10.7. The van der Waals surface area contributed by atoms with E-state index in [1.165, 1.54) is 0 Å². The van der Waals surface area contributed by atoms with E-state index in [0.29, 0.717) is 17.6 Å². The molecule has 154 valence electrons. The second kappa shape index (κ2) is 10.4. The van der Waals surface area contributed by atoms with Crippen LogP contribution in [0.1, 0.15) is 25.1 Å². The van der Waals surface area contributed by atoms with Crippen molar-refractivity contribution in [3.63, 3.8) is 0 Å². The van der Waals surface area contributed by atoms with E-state index in [9.17, 15) is 4.79 Å². The smallest absolute Gasteiger partial charge is 0.362 e. The van der Waals surface area contributed by atoms with Crippen molar-refractivity contribution in [2.24, 2.45) is 0 Å². The van der Waals surface area contributed by atoms with Gasteiger partial charge in [0.1, 0.15) is 11.2 Å². The summed E-state index contributed by atoms with van der Waals surface area (Å²) in [7, 11) is 5.78. The van der Waals surface area contributed by atoms with Gasteiger partial charge in [-0.05, 0) is 35.9 Å². The number of aromatic nitrogens is 1. The lowest BCUT2D eigenvalue weighted by Gasteiger charge is -2.17. The zero-order valence-corrected chi connectivity index (χ0v) is 17.7. The van der Waals surface area contributed by atoms with E-state index in [-0.39, 0.29) is 12.3 Å². The molecular weight excluding hydrogens is 366 g/mol. The molecule has 0 saturated carbocycles. The van der Waals surface area contributed by atoms with Gasteiger partial charge in [0.05, 0.1) is 6.61 Å². The standard InChI is InChI=1S/C21H23N3O3.C2H6/c1-23(2)17-9-11-18-20(14-17)27-21(26)19(22-18)10-6-15-4-7-16(8-5-15)24(3)12-13-25;1-2/h4-11,14,25H,12-13H2,1-3H3;1-2H3/b10-6+;. The van der Waals surface area contributed by atoms with E-state index in [1.807, 2.05) is 87.3 Å². The van der Waals surface area contributed by atoms with Crippen LogP contribution in [-0.4, -0.2) is 44.4 Å². The third-order valence-electron chi connectivity index (χ3n) is 4.32. The van der Waals surface area contributed by atoms with Crippen LogP contribution in [0.3, 0.4) is 0 Å². The van der Waals surface area contributed by atoms with Crippen molar-refractivity contribution in [2.45, 2.75) is 13.8 Å². The van der Waals surface area contributed by atoms with Crippen LogP contribution in [0.2, 0.25) is 0 Å². The molecule has 0 spiro atoms. The van der Waals surface area contributed by atoms with E-state index in [4.69, 9.17) is 9.52 Å². The van der Waals surface area contributed by atoms with Crippen molar-refractivity contribution in [2.75, 3.05) is 44.1 Å². The number of aliphatic hydroxyl groups is 1. The number of hydrogen-bond acceptors (Lipinski definition) is 6. The maximum atomic E-state index is 12.2. The highest BCUT2D eigenvalue weighted by atomic mass is 16.4. The van der Waals surface area contributed by atoms with Crippen molar-refractivity contribution < 1.29 is 9.52 Å². The van der Waals surface area contributed by atoms with Gasteiger partial charge in [-0.15, -0.1) is 0 Å². The highest BCUT2D eigenvalue weighted by molar-refractivity contribution is 5.78. The van der Waals surface area contributed by atoms with E-state index in [0.717, 1.165) is 16.9 Å². The molecule has 29 heavy (non-hydrogen) atoms. The van der Waals surface area contributed by atoms with Crippen LogP contribution >= 0.6 is 0 Å². The number of fused-ring (bicyclic) bond motifs is 1. The van der Waals surface area contributed by atoms with Crippen LogP contribution in [0.25, 0.3) is 23.3 Å². The SMILES string of the molecule is CC.CN(C)c1ccc2nc(/C=C/c3ccc(N(C)CCO)cc3)c(=O)oc2c1. The fraction of sp³-hybridized carbons (Fsp3) is 0.304. The Kier molecular flexibility index (Phi) is 7.98. The van der Waals surface area contributed by atoms with Gasteiger partial charge in [-0.1, -0.05) is 32.1 Å². The quantitative estimate of drug-likeness (QED) is 0.683. The third-order valence-corrected chi connectivity index (χ3v) is 4.32. The summed E-state index contributed by atoms with van der Waals surface area (Å²) < 4.78 is 5.42. The largest absolute Gasteiger partial charge is 0.419 e. The highest BCUT2D eigenvalue weighted by Crippen LogP contribution is 2.19. The van der Waals surface area contributed by atoms with Gasteiger partial charge in [0.2, 0.25) is 0 Å². The molecule has 0 amide bonds. The molecule has 0 unspecified atom stereocenters. The van der Waals surface area contributed by atoms with E-state index in [1.54, 1.807) is 12.1 Å². The van der Waals surface area contributed by atoms with Crippen molar-refractivity contribution >= 4 is 34.6 Å². The average Bonchev–Trinajstić information content (AvgIpc) is 2.73. The number of hydrogen-bond donors (Lipinski definition) is 1. The molecule has 0 atom stereocenters. The molecule has 6 nitrogen and oxygen atoms in total. The summed E-state index contributed by atoms with van der Waals surface area (Å²) in [5, 5.41) is 9.01. The molecule has 1 heterocycles. The number of anilines is 2. The Morgan fingerprint density at radius 3 is 2.28 bits per heavy atom. The molecule has 0 saturated heterocycles. The molecule has 0 radical (unpaired) electrons. The molecular formula is C23H29N3O3. The Hall–Kier alpha value is -3.12. The monoisotopic (exact) mass is 395 g/mol. The number of nitrogens with zero attached hydrogens (tertiary/aromatic N) is 3. The van der Waals surface area contributed by atoms with Gasteiger partial charge in [0.15, 0.2) is 5.58 Å². The molecule has 0 aliphatic rings. The Morgan fingerprint density at radius 2 is 1.66 bits per heavy atom. The van der Waals surface area contributed by atoms with Gasteiger partial charge in [-0.25, -0.2) is 9.78 Å². The summed E-state index contributed by atoms with van der Waals surface area (Å²) in [6, 6.07) is 13.4. The molecule has 0 fully saturated rings. The zero-order chi connectivity index (χ0) is 21.4. The van der Waals surface area contributed by atoms with Gasteiger partial charge in [-0.3, -0.25) is 0 Å². The van der Waals surface area contributed by atoms with Crippen LogP contribution in [0, 0.1) is 0 Å². The van der Waals surface area contributed by atoms with E-state index < -0.39 is 5.63 Å². The molecule has 3 aromatic rings. The van der Waals surface area contributed by atoms with Crippen molar-refractivity contribution in [3.8, 4) is 0 Å². The first kappa shape index (κ1) is 22.2. The highest BCUT2D eigenvalue weighted by Gasteiger charge is 2.06. The second-order valence-corrected chi connectivity index (χ2v) is 6.50. The summed E-state index contributed by atoms with van der Waals surface area (Å²) in [4.78, 5) is 20.5. The summed E-state index contributed by atoms with van der Waals surface area (Å²) in [5.41, 5.74) is 3.82. The first-order valence-electron chi connectivity index (χ1n) is 9.70. The van der Waals surface area contributed by atoms with Crippen LogP contribution in [0.4, 0.5) is 11.4 Å². The van der Waals surface area contributed by atoms with Crippen molar-refractivity contribution in [1.29, 1.82) is 0 Å². The fourth-order valence-electron chi connectivity index (χ4n) is 2.68. The molecule has 2 aromatic carbocycles. The number of aliphatic hydroxyl groups excluding tert-OH is 1. The van der Waals surface area contributed by atoms with Gasteiger partial charge in [0, 0.05) is 45.1 Å². The topological polar surface area (TPSA) is 69.8 Å². The first-order chi connectivity index (χ1) is 14.0. The minimum absolute atomic E-state index is 0.109. The summed E-state index contributed by atoms with van der Waals surface area (Å²) in [6.07, 6.45) is 3.49. The Labute approximate surface area is 171 Å². The molecule has 0 bridgehead atoms. The van der Waals surface area contributed by atoms with Crippen molar-refractivity contribution in [1.82, 2.24) is 4.98 Å². The molecule has 1 N–H and O–H groups in total. The lowest BCUT2D eigenvalue weighted by atomic mass is 10.1. The number of likely N-dealkylation sites (N-methyl/N-ethyl adjacent to an activating group) is 1. The first-order valence-corrected chi connectivity index (χ1v) is 9.70. The minimum Gasteiger partial charge on any atom is -0.419 e. The maximum Gasteiger partial charge on any atom is 0.362 e. The van der Waals surface area contributed by atoms with Gasteiger partial charge >= 0.3 is 5.63 Å². The van der Waals surface area contributed by atoms with Crippen LogP contribution in [-0.2, 0) is 0 Å². The summed E-state index contributed by atoms with van der Waals surface area (Å²) in [5.74, 6) is 0. The Balaban J connectivity index is 0.00000145. The fourth-order valence-corrected chi connectivity index (χ4v) is 2.68. The van der Waals surface area contributed by atoms with Crippen molar-refractivity contribution in [3.05, 3.63) is 64.1 Å². The average molecular weight is 396 g/mol. The molecule has 3 rings (SSSR count). The molecule has 6 heteroatoms. The van der Waals surface area contributed by atoms with E-state index >= 15 is 0 Å². The van der Waals surface area contributed by atoms with Gasteiger partial charge in [0.25, 0.3) is 0 Å². The number of rotatable bonds is 6. The van der Waals surface area contributed by atoms with Gasteiger partial charge in [-0.2, -0.15) is 0 Å². The lowest BCUT2D eigenvalue weighted by molar-refractivity contribution is 0.304. The maximum absolute atomic E-state index is 12.2. The molecule has 0 aliphatic heterocycles. The lowest BCUT2D eigenvalue weighted by Crippen LogP contribution is -2.20. The van der Waals surface area contributed by atoms with Crippen LogP contribution in [0.15, 0.2) is 51.7 Å². The minimum atomic E-state index is -0.464. The molecule has 1 aromatic heterocycles. The molecule has 0 aliphatic carbocycles. The zero-order valence-electron chi connectivity index (χ0n) is 17.7. The van der Waals surface area contributed by atoms with Gasteiger partial charge < -0.3 is 19.3 Å². The predicted octanol–water partition coefficient (Wildman–Crippen LogP) is 3.88. The third kappa shape index (κ3) is 5.68. The number of benzene rings is 2. The van der Waals surface area contributed by atoms with E-state index in [2.05, 4.69) is 4.98 Å². The van der Waals surface area contributed by atoms with Crippen LogP contribution in [0.5, 0.6) is 0 Å². The summed E-state index contributed by atoms with van der Waals surface area (Å²) in [6.45, 7) is 4.68. The summed E-state index contributed by atoms with van der Waals surface area (Å²) >= 11 is 0. The predicted molar refractivity (Wildman–Crippen MR) is 122 cm³/mol. The van der Waals surface area contributed by atoms with Crippen LogP contribution < -0.4 is 15.4 Å². The second-order valence-electron chi connectivity index (χ2n) is 6.50.